The second kappa shape index (κ2) is 7.95. The molecule has 1 aliphatic rings. The molecule has 1 aromatic rings. The van der Waals surface area contributed by atoms with Gasteiger partial charge in [-0.3, -0.25) is 9.69 Å². The molecular formula is C16H24ClN3O3. The highest BCUT2D eigenvalue weighted by molar-refractivity contribution is 6.33. The predicted molar refractivity (Wildman–Crippen MR) is 89.0 cm³/mol. The van der Waals surface area contributed by atoms with Gasteiger partial charge in [0.25, 0.3) is 5.91 Å². The van der Waals surface area contributed by atoms with E-state index >= 15 is 0 Å². The van der Waals surface area contributed by atoms with Crippen molar-refractivity contribution in [3.8, 4) is 5.88 Å². The Morgan fingerprint density at radius 1 is 1.30 bits per heavy atom. The number of nitrogens with zero attached hydrogens (tertiary/aromatic N) is 3. The number of aliphatic hydroxyl groups excluding tert-OH is 1. The number of β-amino-alcohol motifs (C(OH)–C–C–N with tert-alkyl or cyclic N) is 1. The number of amides is 1. The fourth-order valence-corrected chi connectivity index (χ4v) is 2.72. The van der Waals surface area contributed by atoms with E-state index in [4.69, 9.17) is 16.3 Å². The van der Waals surface area contributed by atoms with Crippen molar-refractivity contribution in [1.29, 1.82) is 0 Å². The summed E-state index contributed by atoms with van der Waals surface area (Å²) in [7, 11) is 0. The molecule has 1 atom stereocenters. The molecule has 128 valence electrons. The Balaban J connectivity index is 2.03. The molecule has 0 unspecified atom stereocenters. The number of piperazine rings is 1. The van der Waals surface area contributed by atoms with E-state index in [9.17, 15) is 9.90 Å². The van der Waals surface area contributed by atoms with Crippen LogP contribution in [0.4, 0.5) is 0 Å². The SMILES string of the molecule is CC(C)Oc1ccc(Cl)c(C(=O)N2CCN(C[C@@H](C)O)CC2)n1. The van der Waals surface area contributed by atoms with Gasteiger partial charge in [-0.25, -0.2) is 4.98 Å². The van der Waals surface area contributed by atoms with E-state index in [2.05, 4.69) is 9.88 Å². The largest absolute Gasteiger partial charge is 0.475 e. The molecule has 2 rings (SSSR count). The topological polar surface area (TPSA) is 65.9 Å². The van der Waals surface area contributed by atoms with Crippen LogP contribution >= 0.6 is 11.6 Å². The molecule has 0 bridgehead atoms. The van der Waals surface area contributed by atoms with Crippen molar-refractivity contribution in [1.82, 2.24) is 14.8 Å². The van der Waals surface area contributed by atoms with Gasteiger partial charge in [-0.2, -0.15) is 0 Å². The van der Waals surface area contributed by atoms with Crippen LogP contribution in [0.25, 0.3) is 0 Å². The lowest BCUT2D eigenvalue weighted by Gasteiger charge is -2.35. The Hall–Kier alpha value is -1.37. The standard InChI is InChI=1S/C16H24ClN3O3/c1-11(2)23-14-5-4-13(17)15(18-14)16(22)20-8-6-19(7-9-20)10-12(3)21/h4-5,11-12,21H,6-10H2,1-3H3/t12-/m1/s1. The van der Waals surface area contributed by atoms with Gasteiger partial charge in [-0.05, 0) is 26.8 Å². The highest BCUT2D eigenvalue weighted by Gasteiger charge is 2.25. The van der Waals surface area contributed by atoms with Crippen LogP contribution < -0.4 is 4.74 Å². The maximum atomic E-state index is 12.6. The van der Waals surface area contributed by atoms with E-state index in [0.29, 0.717) is 30.5 Å². The molecule has 1 saturated heterocycles. The molecule has 7 heteroatoms. The van der Waals surface area contributed by atoms with Crippen LogP contribution in [-0.4, -0.2) is 70.7 Å². The van der Waals surface area contributed by atoms with E-state index < -0.39 is 0 Å². The zero-order valence-corrected chi connectivity index (χ0v) is 14.6. The van der Waals surface area contributed by atoms with Crippen LogP contribution in [0.5, 0.6) is 5.88 Å². The number of rotatable bonds is 5. The molecule has 0 aliphatic carbocycles. The van der Waals surface area contributed by atoms with Crippen molar-refractivity contribution in [3.63, 3.8) is 0 Å². The summed E-state index contributed by atoms with van der Waals surface area (Å²) >= 11 is 6.14. The number of ether oxygens (including phenoxy) is 1. The number of carbonyl (C=O) groups excluding carboxylic acids is 1. The van der Waals surface area contributed by atoms with Gasteiger partial charge < -0.3 is 14.7 Å². The van der Waals surface area contributed by atoms with Gasteiger partial charge in [0.05, 0.1) is 17.2 Å². The Morgan fingerprint density at radius 3 is 2.52 bits per heavy atom. The van der Waals surface area contributed by atoms with Gasteiger partial charge in [0.2, 0.25) is 5.88 Å². The first-order valence-corrected chi connectivity index (χ1v) is 8.27. The summed E-state index contributed by atoms with van der Waals surface area (Å²) in [6, 6.07) is 3.31. The minimum atomic E-state index is -0.363. The molecule has 1 aliphatic heterocycles. The predicted octanol–water partition coefficient (Wildman–Crippen LogP) is 1.66. The summed E-state index contributed by atoms with van der Waals surface area (Å²) in [6.07, 6.45) is -0.381. The van der Waals surface area contributed by atoms with Crippen molar-refractivity contribution in [3.05, 3.63) is 22.8 Å². The van der Waals surface area contributed by atoms with Gasteiger partial charge >= 0.3 is 0 Å². The fourth-order valence-electron chi connectivity index (χ4n) is 2.54. The smallest absolute Gasteiger partial charge is 0.274 e. The van der Waals surface area contributed by atoms with E-state index in [1.165, 1.54) is 0 Å². The average molecular weight is 342 g/mol. The van der Waals surface area contributed by atoms with Crippen LogP contribution in [-0.2, 0) is 0 Å². The Labute approximate surface area is 142 Å². The summed E-state index contributed by atoms with van der Waals surface area (Å²) in [4.78, 5) is 20.8. The Morgan fingerprint density at radius 2 is 1.96 bits per heavy atom. The molecule has 2 heterocycles. The van der Waals surface area contributed by atoms with E-state index in [0.717, 1.165) is 13.1 Å². The van der Waals surface area contributed by atoms with Crippen LogP contribution in [0.3, 0.4) is 0 Å². The van der Waals surface area contributed by atoms with E-state index in [1.807, 2.05) is 13.8 Å². The molecule has 0 spiro atoms. The first-order chi connectivity index (χ1) is 10.9. The van der Waals surface area contributed by atoms with Gasteiger partial charge in [0, 0.05) is 38.8 Å². The Bertz CT molecular complexity index is 543. The van der Waals surface area contributed by atoms with Gasteiger partial charge in [-0.15, -0.1) is 0 Å². The summed E-state index contributed by atoms with van der Waals surface area (Å²) in [6.45, 7) is 8.85. The van der Waals surface area contributed by atoms with Gasteiger partial charge in [0.1, 0.15) is 0 Å². The maximum Gasteiger partial charge on any atom is 0.274 e. The summed E-state index contributed by atoms with van der Waals surface area (Å²) in [5.74, 6) is 0.224. The lowest BCUT2D eigenvalue weighted by Crippen LogP contribution is -2.50. The first-order valence-electron chi connectivity index (χ1n) is 7.89. The monoisotopic (exact) mass is 341 g/mol. The number of aromatic nitrogens is 1. The molecule has 6 nitrogen and oxygen atoms in total. The number of halogens is 1. The van der Waals surface area contributed by atoms with E-state index in [1.54, 1.807) is 24.0 Å². The molecule has 1 N–H and O–H groups in total. The Kier molecular flexibility index (Phi) is 6.21. The molecular weight excluding hydrogens is 318 g/mol. The number of hydrogen-bond acceptors (Lipinski definition) is 5. The highest BCUT2D eigenvalue weighted by Crippen LogP contribution is 2.21. The number of pyridine rings is 1. The van der Waals surface area contributed by atoms with Crippen molar-refractivity contribution >= 4 is 17.5 Å². The fraction of sp³-hybridized carbons (Fsp3) is 0.625. The number of hydrogen-bond donors (Lipinski definition) is 1. The number of aliphatic hydroxyl groups is 1. The second-order valence-electron chi connectivity index (χ2n) is 6.09. The van der Waals surface area contributed by atoms with Crippen molar-refractivity contribution < 1.29 is 14.6 Å². The minimum Gasteiger partial charge on any atom is -0.475 e. The number of carbonyl (C=O) groups is 1. The first kappa shape index (κ1) is 18.0. The average Bonchev–Trinajstić information content (AvgIpc) is 2.48. The normalized spacial score (nSPS) is 17.4. The highest BCUT2D eigenvalue weighted by atomic mass is 35.5. The van der Waals surface area contributed by atoms with Crippen LogP contribution in [0, 0.1) is 0 Å². The maximum absolute atomic E-state index is 12.6. The molecule has 0 saturated carbocycles. The summed E-state index contributed by atoms with van der Waals surface area (Å²) in [5, 5.41) is 9.76. The second-order valence-corrected chi connectivity index (χ2v) is 6.50. The molecule has 0 aromatic carbocycles. The van der Waals surface area contributed by atoms with Crippen molar-refractivity contribution in [2.45, 2.75) is 33.0 Å². The third-order valence-corrected chi connectivity index (χ3v) is 3.87. The molecule has 1 amide bonds. The molecule has 1 aromatic heterocycles. The van der Waals surface area contributed by atoms with Gasteiger partial charge in [-0.1, -0.05) is 11.6 Å². The van der Waals surface area contributed by atoms with Crippen molar-refractivity contribution in [2.24, 2.45) is 0 Å². The molecule has 23 heavy (non-hydrogen) atoms. The summed E-state index contributed by atoms with van der Waals surface area (Å²) in [5.41, 5.74) is 0.230. The third-order valence-electron chi connectivity index (χ3n) is 3.56. The molecule has 0 radical (unpaired) electrons. The van der Waals surface area contributed by atoms with Crippen LogP contribution in [0.2, 0.25) is 5.02 Å². The zero-order chi connectivity index (χ0) is 17.0. The lowest BCUT2D eigenvalue weighted by molar-refractivity contribution is 0.0548. The van der Waals surface area contributed by atoms with Gasteiger partial charge in [0.15, 0.2) is 5.69 Å². The lowest BCUT2D eigenvalue weighted by atomic mass is 10.2. The summed E-state index contributed by atoms with van der Waals surface area (Å²) < 4.78 is 5.53. The van der Waals surface area contributed by atoms with E-state index in [-0.39, 0.29) is 23.8 Å². The van der Waals surface area contributed by atoms with Crippen LogP contribution in [0.15, 0.2) is 12.1 Å². The molecule has 1 fully saturated rings. The minimum absolute atomic E-state index is 0.0179. The van der Waals surface area contributed by atoms with Crippen molar-refractivity contribution in [2.75, 3.05) is 32.7 Å². The van der Waals surface area contributed by atoms with Crippen LogP contribution in [0.1, 0.15) is 31.3 Å². The third kappa shape index (κ3) is 5.06. The zero-order valence-electron chi connectivity index (χ0n) is 13.8. The quantitative estimate of drug-likeness (QED) is 0.882.